The van der Waals surface area contributed by atoms with Gasteiger partial charge in [-0.05, 0) is 25.1 Å². The molecule has 68 valence electrons. The Morgan fingerprint density at radius 1 is 1.62 bits per heavy atom. The smallest absolute Gasteiger partial charge is 0.101 e. The van der Waals surface area contributed by atoms with Crippen LogP contribution in [0.2, 0.25) is 0 Å². The lowest BCUT2D eigenvalue weighted by Crippen LogP contribution is -2.20. The highest BCUT2D eigenvalue weighted by Crippen LogP contribution is 2.20. The number of rotatable bonds is 2. The fraction of sp³-hybridized carbons (Fsp3) is 0.100. The predicted molar refractivity (Wildman–Crippen MR) is 60.2 cm³/mol. The van der Waals surface area contributed by atoms with E-state index in [4.69, 9.17) is 5.41 Å². The van der Waals surface area contributed by atoms with E-state index >= 15 is 0 Å². The minimum absolute atomic E-state index is 0.452. The van der Waals surface area contributed by atoms with E-state index in [2.05, 4.69) is 22.5 Å². The summed E-state index contributed by atoms with van der Waals surface area (Å²) in [4.78, 5) is 1.71. The molecule has 0 fully saturated rings. The molecule has 0 saturated carbocycles. The number of halogens is 1. The van der Waals surface area contributed by atoms with Crippen molar-refractivity contribution in [3.05, 3.63) is 41.5 Å². The number of nitrogens with zero attached hydrogens (tertiary/aromatic N) is 1. The van der Waals surface area contributed by atoms with E-state index in [0.717, 1.165) is 10.2 Å². The van der Waals surface area contributed by atoms with Crippen molar-refractivity contribution in [2.75, 3.05) is 4.90 Å². The summed E-state index contributed by atoms with van der Waals surface area (Å²) in [6.07, 6.45) is 1.63. The molecule has 0 aliphatic carbocycles. The first-order valence-corrected chi connectivity index (χ1v) is 4.67. The molecule has 0 aromatic heterocycles. The average molecular weight is 239 g/mol. The lowest BCUT2D eigenvalue weighted by atomic mass is 10.3. The number of amidine groups is 1. The molecule has 1 aromatic carbocycles. The number of nitrogens with one attached hydrogen (secondary N) is 1. The zero-order valence-corrected chi connectivity index (χ0v) is 9.01. The Morgan fingerprint density at radius 3 is 2.77 bits per heavy atom. The zero-order chi connectivity index (χ0) is 9.84. The molecule has 1 aromatic rings. The Balaban J connectivity index is 3.04. The maximum absolute atomic E-state index is 7.50. The highest BCUT2D eigenvalue weighted by atomic mass is 79.9. The topological polar surface area (TPSA) is 27.1 Å². The maximum Gasteiger partial charge on any atom is 0.101 e. The summed E-state index contributed by atoms with van der Waals surface area (Å²) in [5.74, 6) is 0.452. The molecule has 0 spiro atoms. The second-order valence-electron chi connectivity index (χ2n) is 2.62. The highest BCUT2D eigenvalue weighted by Gasteiger charge is 2.03. The Labute approximate surface area is 86.5 Å². The van der Waals surface area contributed by atoms with Crippen molar-refractivity contribution in [1.82, 2.24) is 0 Å². The Hall–Kier alpha value is -1.09. The molecule has 0 heterocycles. The monoisotopic (exact) mass is 238 g/mol. The Bertz CT molecular complexity index is 333. The van der Waals surface area contributed by atoms with Crippen molar-refractivity contribution < 1.29 is 0 Å². The molecule has 2 nitrogen and oxygen atoms in total. The van der Waals surface area contributed by atoms with Crippen molar-refractivity contribution in [3.63, 3.8) is 0 Å². The molecule has 0 aliphatic rings. The molecule has 0 atom stereocenters. The van der Waals surface area contributed by atoms with E-state index in [1.807, 2.05) is 24.3 Å². The molecule has 0 radical (unpaired) electrons. The SMILES string of the molecule is C=CN(C(C)=N)c1cccc(Br)c1. The van der Waals surface area contributed by atoms with Gasteiger partial charge in [0.15, 0.2) is 0 Å². The van der Waals surface area contributed by atoms with E-state index in [0.29, 0.717) is 5.84 Å². The van der Waals surface area contributed by atoms with E-state index in [1.54, 1.807) is 18.0 Å². The lowest BCUT2D eigenvalue weighted by Gasteiger charge is -2.18. The van der Waals surface area contributed by atoms with Crippen LogP contribution >= 0.6 is 15.9 Å². The van der Waals surface area contributed by atoms with E-state index in [-0.39, 0.29) is 0 Å². The van der Waals surface area contributed by atoms with Gasteiger partial charge in [-0.25, -0.2) is 0 Å². The summed E-state index contributed by atoms with van der Waals surface area (Å²) in [5, 5.41) is 7.50. The van der Waals surface area contributed by atoms with Crippen molar-refractivity contribution in [2.45, 2.75) is 6.92 Å². The first-order chi connectivity index (χ1) is 6.15. The van der Waals surface area contributed by atoms with Gasteiger partial charge in [-0.2, -0.15) is 0 Å². The average Bonchev–Trinajstić information content (AvgIpc) is 2.04. The van der Waals surface area contributed by atoms with Gasteiger partial charge in [0, 0.05) is 16.4 Å². The zero-order valence-electron chi connectivity index (χ0n) is 7.42. The Kier molecular flexibility index (Phi) is 3.25. The van der Waals surface area contributed by atoms with Crippen molar-refractivity contribution in [1.29, 1.82) is 5.41 Å². The minimum Gasteiger partial charge on any atom is -0.307 e. The van der Waals surface area contributed by atoms with Gasteiger partial charge in [0.05, 0.1) is 0 Å². The molecule has 0 aliphatic heterocycles. The third-order valence-corrected chi connectivity index (χ3v) is 2.12. The van der Waals surface area contributed by atoms with E-state index < -0.39 is 0 Å². The lowest BCUT2D eigenvalue weighted by molar-refractivity contribution is 1.28. The fourth-order valence-electron chi connectivity index (χ4n) is 1.06. The normalized spacial score (nSPS) is 9.38. The third kappa shape index (κ3) is 2.42. The van der Waals surface area contributed by atoms with Gasteiger partial charge < -0.3 is 4.90 Å². The summed E-state index contributed by atoms with van der Waals surface area (Å²) in [6, 6.07) is 7.76. The quantitative estimate of drug-likeness (QED) is 0.621. The number of hydrogen-bond donors (Lipinski definition) is 1. The van der Waals surface area contributed by atoms with Crippen LogP contribution in [0.5, 0.6) is 0 Å². The molecular weight excluding hydrogens is 228 g/mol. The second-order valence-corrected chi connectivity index (χ2v) is 3.53. The molecule has 3 heteroatoms. The van der Waals surface area contributed by atoms with Crippen LogP contribution in [0.15, 0.2) is 41.5 Å². The van der Waals surface area contributed by atoms with E-state index in [1.165, 1.54) is 0 Å². The van der Waals surface area contributed by atoms with Gasteiger partial charge in [0.25, 0.3) is 0 Å². The van der Waals surface area contributed by atoms with Gasteiger partial charge in [-0.1, -0.05) is 28.6 Å². The number of anilines is 1. The van der Waals surface area contributed by atoms with Crippen LogP contribution in [-0.2, 0) is 0 Å². The summed E-state index contributed by atoms with van der Waals surface area (Å²) >= 11 is 3.38. The molecule has 13 heavy (non-hydrogen) atoms. The third-order valence-electron chi connectivity index (χ3n) is 1.63. The number of hydrogen-bond acceptors (Lipinski definition) is 1. The number of benzene rings is 1. The molecule has 0 amide bonds. The molecule has 1 rings (SSSR count). The first-order valence-electron chi connectivity index (χ1n) is 3.87. The standard InChI is InChI=1S/C10H11BrN2/c1-3-13(8(2)12)10-6-4-5-9(11)7-10/h3-7,12H,1H2,2H3. The van der Waals surface area contributed by atoms with Gasteiger partial charge in [0.1, 0.15) is 5.84 Å². The molecule has 0 bridgehead atoms. The van der Waals surface area contributed by atoms with Crippen LogP contribution in [-0.4, -0.2) is 5.84 Å². The van der Waals surface area contributed by atoms with Gasteiger partial charge in [0.2, 0.25) is 0 Å². The first kappa shape index (κ1) is 9.99. The largest absolute Gasteiger partial charge is 0.307 e. The van der Waals surface area contributed by atoms with Crippen molar-refractivity contribution in [3.8, 4) is 0 Å². The fourth-order valence-corrected chi connectivity index (χ4v) is 1.45. The van der Waals surface area contributed by atoms with Gasteiger partial charge >= 0.3 is 0 Å². The second kappa shape index (κ2) is 4.23. The molecular formula is C10H11BrN2. The highest BCUT2D eigenvalue weighted by molar-refractivity contribution is 9.10. The van der Waals surface area contributed by atoms with Crippen LogP contribution in [0.4, 0.5) is 5.69 Å². The summed E-state index contributed by atoms with van der Waals surface area (Å²) in [6.45, 7) is 5.38. The molecule has 1 N–H and O–H groups in total. The van der Waals surface area contributed by atoms with Crippen LogP contribution in [0.1, 0.15) is 6.92 Å². The van der Waals surface area contributed by atoms with E-state index in [9.17, 15) is 0 Å². The van der Waals surface area contributed by atoms with Gasteiger partial charge in [-0.15, -0.1) is 0 Å². The van der Waals surface area contributed by atoms with Crippen LogP contribution in [0.25, 0.3) is 0 Å². The van der Waals surface area contributed by atoms with Gasteiger partial charge in [-0.3, -0.25) is 5.41 Å². The Morgan fingerprint density at radius 2 is 2.31 bits per heavy atom. The van der Waals surface area contributed by atoms with Crippen LogP contribution in [0.3, 0.4) is 0 Å². The van der Waals surface area contributed by atoms with Crippen molar-refractivity contribution in [2.24, 2.45) is 0 Å². The molecule has 0 unspecified atom stereocenters. The summed E-state index contributed by atoms with van der Waals surface area (Å²) in [7, 11) is 0. The summed E-state index contributed by atoms with van der Waals surface area (Å²) in [5.41, 5.74) is 0.942. The predicted octanol–water partition coefficient (Wildman–Crippen LogP) is 3.40. The maximum atomic E-state index is 7.50. The van der Waals surface area contributed by atoms with Crippen LogP contribution in [0, 0.1) is 5.41 Å². The van der Waals surface area contributed by atoms with Crippen molar-refractivity contribution >= 4 is 27.5 Å². The summed E-state index contributed by atoms with van der Waals surface area (Å²) < 4.78 is 0.998. The molecule has 0 saturated heterocycles. The minimum atomic E-state index is 0.452. The van der Waals surface area contributed by atoms with Crippen LogP contribution < -0.4 is 4.90 Å².